The van der Waals surface area contributed by atoms with Crippen LogP contribution in [-0.4, -0.2) is 73.6 Å². The molecule has 0 spiro atoms. The number of rotatable bonds is 6. The van der Waals surface area contributed by atoms with Gasteiger partial charge in [0.1, 0.15) is 11.7 Å². The van der Waals surface area contributed by atoms with Gasteiger partial charge < -0.3 is 19.7 Å². The van der Waals surface area contributed by atoms with Gasteiger partial charge in [0.25, 0.3) is 0 Å². The van der Waals surface area contributed by atoms with Crippen molar-refractivity contribution in [1.29, 1.82) is 0 Å². The summed E-state index contributed by atoms with van der Waals surface area (Å²) in [6.07, 6.45) is 7.03. The number of hydrogen-bond acceptors (Lipinski definition) is 9. The third-order valence-electron chi connectivity index (χ3n) is 6.65. The molecule has 1 unspecified atom stereocenters. The number of nitrogens with zero attached hydrogens (tertiary/aromatic N) is 5. The quantitative estimate of drug-likeness (QED) is 0.437. The maximum absolute atomic E-state index is 12.8. The molecule has 10 nitrogen and oxygen atoms in total. The van der Waals surface area contributed by atoms with Gasteiger partial charge in [-0.2, -0.15) is 14.6 Å². The zero-order chi connectivity index (χ0) is 26.0. The highest BCUT2D eigenvalue weighted by Gasteiger charge is 2.34. The Balaban J connectivity index is 1.30. The lowest BCUT2D eigenvalue weighted by Gasteiger charge is -2.29. The highest BCUT2D eigenvalue weighted by Crippen LogP contribution is 2.30. The Labute approximate surface area is 216 Å². The molecule has 0 bridgehead atoms. The summed E-state index contributed by atoms with van der Waals surface area (Å²) in [6, 6.07) is 0.197. The van der Waals surface area contributed by atoms with Gasteiger partial charge >= 0.3 is 12.1 Å². The van der Waals surface area contributed by atoms with Gasteiger partial charge in [0.05, 0.1) is 18.7 Å². The van der Waals surface area contributed by atoms with Gasteiger partial charge in [0.15, 0.2) is 10.8 Å². The number of fused-ring (bicyclic) bond motifs is 1. The van der Waals surface area contributed by atoms with Crippen LogP contribution in [0.2, 0.25) is 0 Å². The molecule has 2 aromatic rings. The standard InChI is InChI=1S/C25H38N6O4S/c1-15(2)19-13-26-31-20(19)28-23(36-6)29-22(31)27-17-9-7-16(8-10-17)21(32)34-18-11-12-30(14-18)24(33)35-25(3,4)5/h13,15-18H,7-12,14H2,1-6H3,(H,27,28,29). The molecule has 1 amide bonds. The summed E-state index contributed by atoms with van der Waals surface area (Å²) >= 11 is 1.51. The van der Waals surface area contributed by atoms with Gasteiger partial charge in [0.2, 0.25) is 5.95 Å². The fourth-order valence-electron chi connectivity index (χ4n) is 4.70. The van der Waals surface area contributed by atoms with Crippen LogP contribution < -0.4 is 5.32 Å². The van der Waals surface area contributed by atoms with Crippen LogP contribution in [0, 0.1) is 5.92 Å². The SMILES string of the molecule is CSc1nc(NC2CCC(C(=O)OC3CCN(C(=O)OC(C)(C)C)C3)CC2)n2ncc(C(C)C)c2n1. The molecule has 3 heterocycles. The first kappa shape index (κ1) is 26.5. The molecule has 1 aliphatic heterocycles. The fraction of sp³-hybridized carbons (Fsp3) is 0.720. The van der Waals surface area contributed by atoms with Crippen molar-refractivity contribution in [2.24, 2.45) is 5.92 Å². The molecular formula is C25H38N6O4S. The molecule has 1 atom stereocenters. The summed E-state index contributed by atoms with van der Waals surface area (Å²) in [6.45, 7) is 10.7. The van der Waals surface area contributed by atoms with Gasteiger partial charge in [0, 0.05) is 24.6 Å². The molecule has 2 fully saturated rings. The van der Waals surface area contributed by atoms with Crippen molar-refractivity contribution in [1.82, 2.24) is 24.5 Å². The van der Waals surface area contributed by atoms with E-state index in [1.807, 2.05) is 33.2 Å². The number of nitrogens with one attached hydrogen (secondary N) is 1. The molecule has 2 aromatic heterocycles. The summed E-state index contributed by atoms with van der Waals surface area (Å²) in [5.41, 5.74) is 1.39. The highest BCUT2D eigenvalue weighted by atomic mass is 32.2. The van der Waals surface area contributed by atoms with E-state index in [4.69, 9.17) is 9.47 Å². The van der Waals surface area contributed by atoms with E-state index in [1.165, 1.54) is 11.8 Å². The van der Waals surface area contributed by atoms with E-state index >= 15 is 0 Å². The molecular weight excluding hydrogens is 480 g/mol. The molecule has 1 aliphatic carbocycles. The first-order valence-electron chi connectivity index (χ1n) is 12.8. The molecule has 4 rings (SSSR count). The zero-order valence-electron chi connectivity index (χ0n) is 22.1. The monoisotopic (exact) mass is 518 g/mol. The van der Waals surface area contributed by atoms with Crippen LogP contribution >= 0.6 is 11.8 Å². The minimum absolute atomic E-state index is 0.122. The van der Waals surface area contributed by atoms with Crippen molar-refractivity contribution in [3.8, 4) is 0 Å². The van der Waals surface area contributed by atoms with Crippen LogP contribution in [0.15, 0.2) is 11.4 Å². The predicted octanol–water partition coefficient (Wildman–Crippen LogP) is 4.49. The van der Waals surface area contributed by atoms with Gasteiger partial charge in [-0.05, 0) is 58.6 Å². The van der Waals surface area contributed by atoms with E-state index in [0.29, 0.717) is 36.5 Å². The van der Waals surface area contributed by atoms with Crippen molar-refractivity contribution in [2.45, 2.75) is 95.5 Å². The lowest BCUT2D eigenvalue weighted by atomic mass is 9.86. The van der Waals surface area contributed by atoms with Crippen LogP contribution in [0.25, 0.3) is 5.65 Å². The Hall–Kier alpha value is -2.56. The molecule has 11 heteroatoms. The minimum atomic E-state index is -0.541. The number of aromatic nitrogens is 4. The molecule has 0 radical (unpaired) electrons. The van der Waals surface area contributed by atoms with Gasteiger partial charge in [-0.25, -0.2) is 9.78 Å². The predicted molar refractivity (Wildman–Crippen MR) is 138 cm³/mol. The van der Waals surface area contributed by atoms with Crippen molar-refractivity contribution in [3.63, 3.8) is 0 Å². The van der Waals surface area contributed by atoms with Crippen molar-refractivity contribution >= 4 is 35.4 Å². The van der Waals surface area contributed by atoms with Crippen LogP contribution in [0.5, 0.6) is 0 Å². The van der Waals surface area contributed by atoms with E-state index < -0.39 is 5.60 Å². The number of carbonyl (C=O) groups is 2. The maximum Gasteiger partial charge on any atom is 0.410 e. The third kappa shape index (κ3) is 6.22. The summed E-state index contributed by atoms with van der Waals surface area (Å²) in [5, 5.41) is 8.78. The highest BCUT2D eigenvalue weighted by molar-refractivity contribution is 7.98. The second kappa shape index (κ2) is 10.8. The summed E-state index contributed by atoms with van der Waals surface area (Å²) in [7, 11) is 0. The first-order chi connectivity index (χ1) is 17.0. The maximum atomic E-state index is 12.8. The Morgan fingerprint density at radius 2 is 1.86 bits per heavy atom. The van der Waals surface area contributed by atoms with Gasteiger partial charge in [-0.3, -0.25) is 4.79 Å². The number of anilines is 1. The second-order valence-corrected chi connectivity index (χ2v) is 11.8. The van der Waals surface area contributed by atoms with Crippen LogP contribution in [0.4, 0.5) is 10.7 Å². The van der Waals surface area contributed by atoms with Crippen molar-refractivity contribution < 1.29 is 19.1 Å². The Kier molecular flexibility index (Phi) is 7.96. The molecule has 1 N–H and O–H groups in total. The van der Waals surface area contributed by atoms with Crippen molar-refractivity contribution in [3.05, 3.63) is 11.8 Å². The number of carbonyl (C=O) groups excluding carboxylic acids is 2. The van der Waals surface area contributed by atoms with Crippen LogP contribution in [0.3, 0.4) is 0 Å². The Morgan fingerprint density at radius 1 is 1.14 bits per heavy atom. The number of amides is 1. The van der Waals surface area contributed by atoms with Gasteiger partial charge in [-0.1, -0.05) is 25.6 Å². The Bertz CT molecular complexity index is 1090. The van der Waals surface area contributed by atoms with E-state index in [-0.39, 0.29) is 30.1 Å². The Morgan fingerprint density at radius 3 is 2.50 bits per heavy atom. The largest absolute Gasteiger partial charge is 0.460 e. The number of ether oxygens (including phenoxy) is 2. The zero-order valence-corrected chi connectivity index (χ0v) is 22.9. The number of thioether (sulfide) groups is 1. The molecule has 2 aliphatic rings. The summed E-state index contributed by atoms with van der Waals surface area (Å²) < 4.78 is 13.0. The van der Waals surface area contributed by atoms with E-state index in [2.05, 4.69) is 34.2 Å². The van der Waals surface area contributed by atoms with Gasteiger partial charge in [-0.15, -0.1) is 0 Å². The number of hydrogen-bond donors (Lipinski definition) is 1. The minimum Gasteiger partial charge on any atom is -0.460 e. The summed E-state index contributed by atoms with van der Waals surface area (Å²) in [4.78, 5) is 36.1. The molecule has 1 saturated heterocycles. The number of likely N-dealkylation sites (tertiary alicyclic amines) is 1. The van der Waals surface area contributed by atoms with Crippen molar-refractivity contribution in [2.75, 3.05) is 24.7 Å². The molecule has 1 saturated carbocycles. The van der Waals surface area contributed by atoms with E-state index in [1.54, 1.807) is 9.42 Å². The lowest BCUT2D eigenvalue weighted by molar-refractivity contribution is -0.154. The smallest absolute Gasteiger partial charge is 0.410 e. The number of esters is 1. The molecule has 198 valence electrons. The normalized spacial score (nSPS) is 22.8. The van der Waals surface area contributed by atoms with E-state index in [0.717, 1.165) is 36.9 Å². The van der Waals surface area contributed by atoms with E-state index in [9.17, 15) is 9.59 Å². The topological polar surface area (TPSA) is 111 Å². The van der Waals surface area contributed by atoms with Crippen LogP contribution in [0.1, 0.15) is 78.2 Å². The average molecular weight is 519 g/mol. The average Bonchev–Trinajstić information content (AvgIpc) is 3.45. The second-order valence-electron chi connectivity index (χ2n) is 11.0. The van der Waals surface area contributed by atoms with Crippen LogP contribution in [-0.2, 0) is 14.3 Å². The first-order valence-corrected chi connectivity index (χ1v) is 14.0. The molecule has 0 aromatic carbocycles. The summed E-state index contributed by atoms with van der Waals surface area (Å²) in [5.74, 6) is 0.725. The molecule has 36 heavy (non-hydrogen) atoms. The lowest BCUT2D eigenvalue weighted by Crippen LogP contribution is -2.37. The fourth-order valence-corrected chi connectivity index (χ4v) is 5.06. The third-order valence-corrected chi connectivity index (χ3v) is 7.20.